The molecule has 0 spiro atoms. The minimum Gasteiger partial charge on any atom is -0.394 e. The second kappa shape index (κ2) is 4.56. The smallest absolute Gasteiger partial charge is 0.171 e. The third kappa shape index (κ3) is 3.06. The molecule has 0 heterocycles. The molecule has 7 heteroatoms. The molecule has 0 bridgehead atoms. The van der Waals surface area contributed by atoms with E-state index < -0.39 is 5.02 Å². The number of hydrogen-bond acceptors (Lipinski definition) is 2. The normalized spacial score (nSPS) is 11.8. The van der Waals surface area contributed by atoms with E-state index in [1.807, 2.05) is 22.6 Å². The Morgan fingerprint density at radius 2 is 2.08 bits per heavy atom. The molecule has 1 N–H and O–H groups in total. The maximum Gasteiger partial charge on any atom is 0.171 e. The summed E-state index contributed by atoms with van der Waals surface area (Å²) in [7, 11) is 0. The standard InChI is InChI=1S/C6H3Br2IN2O2/c7-3-1-4(8)6(5(9)2-3)10-11(12)13/h1-2H,(H,10,12,13). The van der Waals surface area contributed by atoms with Crippen molar-refractivity contribution in [1.82, 2.24) is 0 Å². The Balaban J connectivity index is 3.29. The Morgan fingerprint density at radius 3 is 2.54 bits per heavy atom. The third-order valence-electron chi connectivity index (χ3n) is 1.17. The lowest BCUT2D eigenvalue weighted by atomic mass is 10.3. The van der Waals surface area contributed by atoms with Crippen LogP contribution in [-0.4, -0.2) is 10.2 Å². The summed E-state index contributed by atoms with van der Waals surface area (Å²) >= 11 is 8.52. The third-order valence-corrected chi connectivity index (χ3v) is 3.05. The Kier molecular flexibility index (Phi) is 3.92. The van der Waals surface area contributed by atoms with E-state index in [2.05, 4.69) is 37.0 Å². The van der Waals surface area contributed by atoms with Crippen molar-refractivity contribution >= 4 is 60.1 Å². The fourth-order valence-corrected chi connectivity index (χ4v) is 3.55. The predicted octanol–water partition coefficient (Wildman–Crippen LogP) is 3.80. The van der Waals surface area contributed by atoms with Gasteiger partial charge in [0.1, 0.15) is 0 Å². The number of halogens is 3. The van der Waals surface area contributed by atoms with Crippen LogP contribution in [-0.2, 0) is 0 Å². The maximum atomic E-state index is 10.3. The molecule has 1 rings (SSSR count). The lowest BCUT2D eigenvalue weighted by Gasteiger charge is -1.98. The van der Waals surface area contributed by atoms with Crippen LogP contribution >= 0.6 is 54.5 Å². The van der Waals surface area contributed by atoms with Gasteiger partial charge in [0.2, 0.25) is 0 Å². The quantitative estimate of drug-likeness (QED) is 0.426. The van der Waals surface area contributed by atoms with Gasteiger partial charge in [0.05, 0.1) is 9.59 Å². The van der Waals surface area contributed by atoms with Crippen LogP contribution in [0.4, 0.5) is 5.69 Å². The molecule has 0 radical (unpaired) electrons. The molecule has 1 aromatic carbocycles. The van der Waals surface area contributed by atoms with Gasteiger partial charge in [-0.25, -0.2) is 5.21 Å². The average molecular weight is 422 g/mol. The molecule has 70 valence electrons. The van der Waals surface area contributed by atoms with Crippen LogP contribution in [0.1, 0.15) is 0 Å². The van der Waals surface area contributed by atoms with Gasteiger partial charge < -0.3 is 5.21 Å². The van der Waals surface area contributed by atoms with Crippen LogP contribution in [0.25, 0.3) is 0 Å². The van der Waals surface area contributed by atoms with E-state index in [1.54, 1.807) is 12.1 Å². The summed E-state index contributed by atoms with van der Waals surface area (Å²) < 4.78 is 2.27. The highest BCUT2D eigenvalue weighted by atomic mass is 127. The largest absolute Gasteiger partial charge is 0.394 e. The summed E-state index contributed by atoms with van der Waals surface area (Å²) in [6.07, 6.45) is 0. The van der Waals surface area contributed by atoms with Crippen LogP contribution in [0.5, 0.6) is 0 Å². The molecule has 0 fully saturated rings. The van der Waals surface area contributed by atoms with E-state index in [9.17, 15) is 5.21 Å². The van der Waals surface area contributed by atoms with Gasteiger partial charge >= 0.3 is 0 Å². The average Bonchev–Trinajstić information content (AvgIpc) is 1.96. The number of rotatable bonds is 1. The van der Waals surface area contributed by atoms with E-state index in [0.717, 1.165) is 8.04 Å². The van der Waals surface area contributed by atoms with Gasteiger partial charge in [0.15, 0.2) is 10.7 Å². The number of benzene rings is 1. The second-order valence-electron chi connectivity index (χ2n) is 2.07. The van der Waals surface area contributed by atoms with Crippen molar-refractivity contribution in [2.24, 2.45) is 5.11 Å². The fourth-order valence-electron chi connectivity index (χ4n) is 0.716. The molecule has 0 saturated heterocycles. The first-order valence-electron chi connectivity index (χ1n) is 3.03. The summed E-state index contributed by atoms with van der Waals surface area (Å²) in [5.74, 6) is 0. The minimum atomic E-state index is -0.462. The Bertz CT molecular complexity index is 343. The summed E-state index contributed by atoms with van der Waals surface area (Å²) in [5, 5.41) is 21.6. The molecule has 0 atom stereocenters. The predicted molar refractivity (Wildman–Crippen MR) is 62.1 cm³/mol. The summed E-state index contributed by atoms with van der Waals surface area (Å²) in [4.78, 5) is 0. The van der Waals surface area contributed by atoms with E-state index in [1.165, 1.54) is 0 Å². The highest BCUT2D eigenvalue weighted by Crippen LogP contribution is 2.33. The molecule has 0 aliphatic heterocycles. The number of nitrogens with zero attached hydrogens (tertiary/aromatic N) is 2. The first-order chi connectivity index (χ1) is 6.00. The molecule has 0 saturated carbocycles. The molecular weight excluding hydrogens is 419 g/mol. The Labute approximate surface area is 105 Å². The first-order valence-corrected chi connectivity index (χ1v) is 5.69. The van der Waals surface area contributed by atoms with Crippen LogP contribution < -0.4 is 0 Å². The van der Waals surface area contributed by atoms with Gasteiger partial charge in [-0.3, -0.25) is 0 Å². The van der Waals surface area contributed by atoms with Crippen LogP contribution in [0.2, 0.25) is 0 Å². The van der Waals surface area contributed by atoms with Gasteiger partial charge in [-0.2, -0.15) is 0 Å². The molecular formula is C6H3Br2IN2O2. The molecule has 0 aliphatic carbocycles. The Morgan fingerprint density at radius 1 is 1.46 bits per heavy atom. The van der Waals surface area contributed by atoms with Gasteiger partial charge in [0.25, 0.3) is 0 Å². The SMILES string of the molecule is [O-]/[N+](O)=N/c1c(Br)cc(Br)cc1I. The summed E-state index contributed by atoms with van der Waals surface area (Å²) in [5.41, 5.74) is 0.404. The van der Waals surface area contributed by atoms with Crippen molar-refractivity contribution in [3.8, 4) is 0 Å². The monoisotopic (exact) mass is 420 g/mol. The zero-order valence-electron chi connectivity index (χ0n) is 6.04. The first kappa shape index (κ1) is 11.2. The van der Waals surface area contributed by atoms with E-state index in [4.69, 9.17) is 5.21 Å². The molecule has 0 unspecified atom stereocenters. The van der Waals surface area contributed by atoms with Crippen molar-refractivity contribution in [1.29, 1.82) is 0 Å². The molecule has 4 nitrogen and oxygen atoms in total. The topological polar surface area (TPSA) is 58.7 Å². The van der Waals surface area contributed by atoms with Crippen molar-refractivity contribution in [2.45, 2.75) is 0 Å². The lowest BCUT2D eigenvalue weighted by molar-refractivity contribution is -0.774. The lowest BCUT2D eigenvalue weighted by Crippen LogP contribution is -1.89. The van der Waals surface area contributed by atoms with Crippen molar-refractivity contribution < 1.29 is 10.2 Å². The Hall–Kier alpha value is 0.110. The maximum absolute atomic E-state index is 10.3. The number of hydrogen-bond donors (Lipinski definition) is 1. The molecule has 13 heavy (non-hydrogen) atoms. The zero-order chi connectivity index (χ0) is 10.0. The summed E-state index contributed by atoms with van der Waals surface area (Å²) in [6, 6.07) is 3.53. The molecule has 0 aliphatic rings. The van der Waals surface area contributed by atoms with Crippen LogP contribution in [0.15, 0.2) is 26.2 Å². The minimum absolute atomic E-state index is 0.404. The van der Waals surface area contributed by atoms with Crippen molar-refractivity contribution in [3.05, 3.63) is 29.9 Å². The fraction of sp³-hybridized carbons (Fsp3) is 0. The van der Waals surface area contributed by atoms with Gasteiger partial charge in [-0.1, -0.05) is 15.9 Å². The highest BCUT2D eigenvalue weighted by molar-refractivity contribution is 14.1. The van der Waals surface area contributed by atoms with Crippen molar-refractivity contribution in [2.75, 3.05) is 0 Å². The molecule has 1 aromatic rings. The van der Waals surface area contributed by atoms with Gasteiger partial charge in [0, 0.05) is 8.04 Å². The van der Waals surface area contributed by atoms with E-state index in [0.29, 0.717) is 10.2 Å². The second-order valence-corrected chi connectivity index (χ2v) is 5.00. The summed E-state index contributed by atoms with van der Waals surface area (Å²) in [6.45, 7) is 0. The highest BCUT2D eigenvalue weighted by Gasteiger charge is 2.09. The molecule has 0 aromatic heterocycles. The van der Waals surface area contributed by atoms with Gasteiger partial charge in [-0.05, 0) is 50.7 Å². The van der Waals surface area contributed by atoms with E-state index >= 15 is 0 Å². The van der Waals surface area contributed by atoms with Crippen LogP contribution in [0, 0.1) is 8.78 Å². The van der Waals surface area contributed by atoms with Crippen LogP contribution in [0.3, 0.4) is 0 Å². The van der Waals surface area contributed by atoms with Gasteiger partial charge in [-0.15, -0.1) is 0 Å². The van der Waals surface area contributed by atoms with Crippen molar-refractivity contribution in [3.63, 3.8) is 0 Å². The zero-order valence-corrected chi connectivity index (χ0v) is 11.4. The molecule has 0 amide bonds. The van der Waals surface area contributed by atoms with E-state index in [-0.39, 0.29) is 0 Å².